The van der Waals surface area contributed by atoms with Crippen LogP contribution in [0.1, 0.15) is 21.5 Å². The largest absolute Gasteiger partial charge is 0.503 e. The summed E-state index contributed by atoms with van der Waals surface area (Å²) in [6.07, 6.45) is 8.43. The molecule has 1 heterocycles. The molecule has 1 aromatic heterocycles. The first-order chi connectivity index (χ1) is 18.4. The Morgan fingerprint density at radius 3 is 2.24 bits per heavy atom. The van der Waals surface area contributed by atoms with Gasteiger partial charge in [-0.2, -0.15) is 0 Å². The Morgan fingerprint density at radius 1 is 0.895 bits per heavy atom. The van der Waals surface area contributed by atoms with Crippen molar-refractivity contribution in [3.63, 3.8) is 0 Å². The van der Waals surface area contributed by atoms with Gasteiger partial charge >= 0.3 is 0 Å². The van der Waals surface area contributed by atoms with Crippen LogP contribution in [0.3, 0.4) is 0 Å². The number of hydrogen-bond acceptors (Lipinski definition) is 7. The van der Waals surface area contributed by atoms with Gasteiger partial charge in [-0.15, -0.1) is 0 Å². The van der Waals surface area contributed by atoms with Gasteiger partial charge in [-0.3, -0.25) is 4.79 Å². The average molecular weight is 515 g/mol. The molecule has 0 aliphatic carbocycles. The van der Waals surface area contributed by atoms with Gasteiger partial charge in [0.15, 0.2) is 28.8 Å². The summed E-state index contributed by atoms with van der Waals surface area (Å²) in [5, 5.41) is 14.8. The molecule has 0 aliphatic heterocycles. The lowest BCUT2D eigenvalue weighted by molar-refractivity contribution is 0.104. The number of nitrogens with one attached hydrogen (secondary N) is 1. The SMILES string of the molecule is COc1ccc(/C=C/c2cc(OC)c(OC)c(OC)c2)c(N/C=C\C(=O)c2cn(C)c3ccccc23)c1O. The first-order valence-corrected chi connectivity index (χ1v) is 11.8. The summed E-state index contributed by atoms with van der Waals surface area (Å²) in [5.41, 5.74) is 3.41. The van der Waals surface area contributed by atoms with E-state index in [1.165, 1.54) is 19.4 Å². The Hall–Kier alpha value is -4.85. The molecular weight excluding hydrogens is 484 g/mol. The summed E-state index contributed by atoms with van der Waals surface area (Å²) < 4.78 is 23.5. The van der Waals surface area contributed by atoms with Crippen LogP contribution < -0.4 is 24.3 Å². The molecule has 2 N–H and O–H groups in total. The number of allylic oxidation sites excluding steroid dienone is 1. The first-order valence-electron chi connectivity index (χ1n) is 11.8. The third kappa shape index (κ3) is 5.15. The van der Waals surface area contributed by atoms with E-state index in [0.717, 1.165) is 16.5 Å². The average Bonchev–Trinajstić information content (AvgIpc) is 3.28. The maximum atomic E-state index is 13.0. The van der Waals surface area contributed by atoms with E-state index in [4.69, 9.17) is 18.9 Å². The van der Waals surface area contributed by atoms with Crippen LogP contribution in [0.15, 0.2) is 67.0 Å². The van der Waals surface area contributed by atoms with Gasteiger partial charge in [-0.05, 0) is 35.9 Å². The van der Waals surface area contributed by atoms with Gasteiger partial charge in [0, 0.05) is 47.6 Å². The second kappa shape index (κ2) is 11.5. The fourth-order valence-corrected chi connectivity index (χ4v) is 4.26. The summed E-state index contributed by atoms with van der Waals surface area (Å²) in [6.45, 7) is 0. The van der Waals surface area contributed by atoms with Gasteiger partial charge in [0.2, 0.25) is 5.75 Å². The maximum absolute atomic E-state index is 13.0. The topological polar surface area (TPSA) is 91.2 Å². The van der Waals surface area contributed by atoms with E-state index in [0.29, 0.717) is 39.8 Å². The molecular formula is C30H30N2O6. The molecule has 0 bridgehead atoms. The van der Waals surface area contributed by atoms with E-state index in [9.17, 15) is 9.90 Å². The lowest BCUT2D eigenvalue weighted by Crippen LogP contribution is -1.98. The third-order valence-corrected chi connectivity index (χ3v) is 6.16. The van der Waals surface area contributed by atoms with Crippen molar-refractivity contribution in [2.75, 3.05) is 33.8 Å². The minimum absolute atomic E-state index is 0.0817. The number of phenolic OH excluding ortho intramolecular Hbond substituents is 1. The number of ether oxygens (including phenoxy) is 4. The Bertz CT molecular complexity index is 1510. The van der Waals surface area contributed by atoms with Crippen LogP contribution in [0.2, 0.25) is 0 Å². The quantitative estimate of drug-likeness (QED) is 0.118. The maximum Gasteiger partial charge on any atom is 0.203 e. The molecule has 0 unspecified atom stereocenters. The van der Waals surface area contributed by atoms with Gasteiger partial charge in [0.25, 0.3) is 0 Å². The Balaban J connectivity index is 1.64. The summed E-state index contributed by atoms with van der Waals surface area (Å²) in [7, 11) is 8.04. The van der Waals surface area contributed by atoms with Crippen molar-refractivity contribution in [1.82, 2.24) is 4.57 Å². The minimum Gasteiger partial charge on any atom is -0.503 e. The number of carbonyl (C=O) groups excluding carboxylic acids is 1. The number of phenols is 1. The molecule has 0 saturated carbocycles. The normalized spacial score (nSPS) is 11.3. The summed E-state index contributed by atoms with van der Waals surface area (Å²) >= 11 is 0. The molecule has 0 saturated heterocycles. The molecule has 4 aromatic rings. The van der Waals surface area contributed by atoms with Gasteiger partial charge in [-0.25, -0.2) is 0 Å². The Labute approximate surface area is 221 Å². The van der Waals surface area contributed by atoms with E-state index < -0.39 is 0 Å². The van der Waals surface area contributed by atoms with Crippen molar-refractivity contribution in [2.45, 2.75) is 0 Å². The molecule has 4 rings (SSSR count). The van der Waals surface area contributed by atoms with Crippen molar-refractivity contribution >= 4 is 34.5 Å². The number of carbonyl (C=O) groups is 1. The number of aromatic hydroxyl groups is 1. The van der Waals surface area contributed by atoms with Crippen LogP contribution in [0.5, 0.6) is 28.7 Å². The van der Waals surface area contributed by atoms with Crippen LogP contribution in [0.25, 0.3) is 23.1 Å². The fraction of sp³-hybridized carbons (Fsp3) is 0.167. The molecule has 0 fully saturated rings. The number of methoxy groups -OCH3 is 4. The molecule has 0 spiro atoms. The van der Waals surface area contributed by atoms with Crippen LogP contribution in [0, 0.1) is 0 Å². The number of ketones is 1. The lowest BCUT2D eigenvalue weighted by atomic mass is 10.1. The van der Waals surface area contributed by atoms with Crippen LogP contribution in [-0.2, 0) is 7.05 Å². The molecule has 3 aromatic carbocycles. The van der Waals surface area contributed by atoms with Crippen molar-refractivity contribution in [2.24, 2.45) is 7.05 Å². The number of rotatable bonds is 10. The number of benzene rings is 3. The highest BCUT2D eigenvalue weighted by atomic mass is 16.5. The minimum atomic E-state index is -0.161. The monoisotopic (exact) mass is 514 g/mol. The number of anilines is 1. The number of aryl methyl sites for hydroxylation is 1. The van der Waals surface area contributed by atoms with E-state index in [1.54, 1.807) is 33.5 Å². The highest BCUT2D eigenvalue weighted by molar-refractivity contribution is 6.13. The van der Waals surface area contributed by atoms with Crippen LogP contribution >= 0.6 is 0 Å². The van der Waals surface area contributed by atoms with Crippen molar-refractivity contribution in [3.8, 4) is 28.7 Å². The second-order valence-electron chi connectivity index (χ2n) is 8.39. The summed E-state index contributed by atoms with van der Waals surface area (Å²) in [6, 6.07) is 14.8. The van der Waals surface area contributed by atoms with Crippen LogP contribution in [-0.4, -0.2) is 43.9 Å². The predicted molar refractivity (Wildman–Crippen MR) is 150 cm³/mol. The summed E-state index contributed by atoms with van der Waals surface area (Å²) in [4.78, 5) is 13.0. The van der Waals surface area contributed by atoms with Crippen molar-refractivity contribution in [1.29, 1.82) is 0 Å². The number of hydrogen-bond donors (Lipinski definition) is 2. The van der Waals surface area contributed by atoms with Gasteiger partial charge in [0.05, 0.1) is 34.1 Å². The smallest absolute Gasteiger partial charge is 0.203 e. The first kappa shape index (κ1) is 26.2. The number of para-hydroxylation sites is 1. The molecule has 38 heavy (non-hydrogen) atoms. The molecule has 0 atom stereocenters. The second-order valence-corrected chi connectivity index (χ2v) is 8.39. The molecule has 0 radical (unpaired) electrons. The van der Waals surface area contributed by atoms with E-state index in [-0.39, 0.29) is 11.5 Å². The van der Waals surface area contributed by atoms with Gasteiger partial charge < -0.3 is 33.9 Å². The molecule has 8 heteroatoms. The number of aromatic nitrogens is 1. The molecule has 196 valence electrons. The van der Waals surface area contributed by atoms with Crippen LogP contribution in [0.4, 0.5) is 5.69 Å². The highest BCUT2D eigenvalue weighted by Gasteiger charge is 2.15. The van der Waals surface area contributed by atoms with E-state index in [1.807, 2.05) is 66.4 Å². The fourth-order valence-electron chi connectivity index (χ4n) is 4.26. The zero-order valence-electron chi connectivity index (χ0n) is 21.9. The molecule has 0 aliphatic rings. The third-order valence-electron chi connectivity index (χ3n) is 6.16. The number of nitrogens with zero attached hydrogens (tertiary/aromatic N) is 1. The van der Waals surface area contributed by atoms with Crippen molar-refractivity contribution < 1.29 is 28.8 Å². The number of fused-ring (bicyclic) bond motifs is 1. The summed E-state index contributed by atoms with van der Waals surface area (Å²) in [5.74, 6) is 1.60. The Kier molecular flexibility index (Phi) is 7.91. The molecule has 8 nitrogen and oxygen atoms in total. The van der Waals surface area contributed by atoms with Gasteiger partial charge in [0.1, 0.15) is 0 Å². The standard InChI is InChI=1S/C30H30N2O6/c1-32-18-22(21-8-6-7-9-23(21)32)24(33)14-15-31-28-20(12-13-25(35-2)29(28)34)11-10-19-16-26(36-3)30(38-5)27(17-19)37-4/h6-18,31,34H,1-5H3/b11-10+,15-14-. The predicted octanol–water partition coefficient (Wildman–Crippen LogP) is 5.90. The zero-order chi connectivity index (χ0) is 27.2. The molecule has 0 amide bonds. The van der Waals surface area contributed by atoms with E-state index >= 15 is 0 Å². The highest BCUT2D eigenvalue weighted by Crippen LogP contribution is 2.40. The van der Waals surface area contributed by atoms with Gasteiger partial charge in [-0.1, -0.05) is 30.4 Å². The zero-order valence-corrected chi connectivity index (χ0v) is 21.9. The lowest BCUT2D eigenvalue weighted by Gasteiger charge is -2.13. The van der Waals surface area contributed by atoms with E-state index in [2.05, 4.69) is 5.32 Å². The Morgan fingerprint density at radius 2 is 1.58 bits per heavy atom. The van der Waals surface area contributed by atoms with Crippen molar-refractivity contribution in [3.05, 3.63) is 83.7 Å².